The van der Waals surface area contributed by atoms with Crippen LogP contribution >= 0.6 is 0 Å². The van der Waals surface area contributed by atoms with Crippen LogP contribution in [-0.4, -0.2) is 89.2 Å². The van der Waals surface area contributed by atoms with Crippen molar-refractivity contribution in [3.63, 3.8) is 0 Å². The zero-order valence-electron chi connectivity index (χ0n) is 49.1. The molecule has 446 valence electrons. The second kappa shape index (κ2) is 53.7. The first kappa shape index (κ1) is 72.1. The van der Waals surface area contributed by atoms with Gasteiger partial charge in [-0.2, -0.15) is 0 Å². The highest BCUT2D eigenvalue weighted by molar-refractivity contribution is 5.74. The number of carbonyl (C=O) groups is 4. The molecule has 6 atom stereocenters. The van der Waals surface area contributed by atoms with E-state index in [0.29, 0.717) is 19.3 Å². The first-order chi connectivity index (χ1) is 38.6. The van der Waals surface area contributed by atoms with Crippen molar-refractivity contribution < 1.29 is 58.2 Å². The minimum Gasteiger partial charge on any atom is -0.479 e. The monoisotopic (exact) mass is 1100 g/mol. The maximum atomic E-state index is 13.1. The highest BCUT2D eigenvalue weighted by Gasteiger charge is 2.50. The number of carboxylic acid groups (broad SMARTS) is 1. The summed E-state index contributed by atoms with van der Waals surface area (Å²) in [5.74, 6) is -3.34. The highest BCUT2D eigenvalue weighted by atomic mass is 16.7. The van der Waals surface area contributed by atoms with E-state index in [-0.39, 0.29) is 25.9 Å². The predicted molar refractivity (Wildman–Crippen MR) is 321 cm³/mol. The summed E-state index contributed by atoms with van der Waals surface area (Å²) in [7, 11) is 0. The molecule has 0 aromatic rings. The van der Waals surface area contributed by atoms with E-state index in [1.165, 1.54) is 64.2 Å². The number of hydrogen-bond acceptors (Lipinski definition) is 11. The molecule has 12 heteroatoms. The summed E-state index contributed by atoms with van der Waals surface area (Å²) < 4.78 is 28.3. The maximum Gasteiger partial charge on any atom is 0.335 e. The second-order valence-corrected chi connectivity index (χ2v) is 20.2. The summed E-state index contributed by atoms with van der Waals surface area (Å²) in [6, 6.07) is 0. The van der Waals surface area contributed by atoms with Crippen LogP contribution in [0.2, 0.25) is 0 Å². The van der Waals surface area contributed by atoms with E-state index in [1.807, 2.05) is 18.2 Å². The zero-order valence-corrected chi connectivity index (χ0v) is 49.1. The van der Waals surface area contributed by atoms with E-state index in [1.54, 1.807) is 6.08 Å². The van der Waals surface area contributed by atoms with Crippen LogP contribution in [0, 0.1) is 0 Å². The van der Waals surface area contributed by atoms with E-state index in [4.69, 9.17) is 23.7 Å². The summed E-state index contributed by atoms with van der Waals surface area (Å²) in [5, 5.41) is 31.5. The van der Waals surface area contributed by atoms with Crippen LogP contribution in [0.25, 0.3) is 0 Å². The number of hydrogen-bond donors (Lipinski definition) is 3. The van der Waals surface area contributed by atoms with Crippen molar-refractivity contribution in [3.8, 4) is 0 Å². The Morgan fingerprint density at radius 1 is 0.443 bits per heavy atom. The molecule has 12 nitrogen and oxygen atoms in total. The van der Waals surface area contributed by atoms with Crippen molar-refractivity contribution in [2.75, 3.05) is 13.2 Å². The molecule has 0 amide bonds. The Morgan fingerprint density at radius 3 is 1.28 bits per heavy atom. The standard InChI is InChI=1S/C67H106O12/c1-4-7-10-13-16-19-22-25-28-29-30-31-34-35-38-41-44-47-50-53-59(68)75-56-58(77-60(69)54-51-48-45-42-39-36-32-26-23-20-17-14-11-8-5-2)57-76-67-65(63(72)62(71)64(79-67)66(73)74)78-61(70)55-52-49-46-43-40-37-33-27-24-21-18-15-12-9-6-3/h7-8,10-11,16-17,19-20,25-26,28,30-32,35,38-39,42,48,51,58,62-65,67,71-72H,4-6,9,12-15,18,21-24,27,29,33-34,36-37,40-41,43-47,49-50,52-57H2,1-3H3,(H,73,74)/b10-7-,11-8-,19-16-,20-17-,28-25-,31-30-,32-26-,38-35-,42-39-,51-48-. The van der Waals surface area contributed by atoms with E-state index in [2.05, 4.69) is 118 Å². The molecule has 0 aliphatic carbocycles. The lowest BCUT2D eigenvalue weighted by atomic mass is 9.98. The molecular formula is C67H106O12. The summed E-state index contributed by atoms with van der Waals surface area (Å²) in [6.07, 6.45) is 61.9. The van der Waals surface area contributed by atoms with Crippen molar-refractivity contribution in [2.45, 2.75) is 263 Å². The molecule has 1 saturated heterocycles. The van der Waals surface area contributed by atoms with Crippen molar-refractivity contribution in [2.24, 2.45) is 0 Å². The second-order valence-electron chi connectivity index (χ2n) is 20.2. The van der Waals surface area contributed by atoms with Gasteiger partial charge in [-0.05, 0) is 89.9 Å². The van der Waals surface area contributed by atoms with Crippen molar-refractivity contribution in [1.82, 2.24) is 0 Å². The van der Waals surface area contributed by atoms with Gasteiger partial charge in [-0.1, -0.05) is 239 Å². The molecule has 0 aromatic heterocycles. The molecule has 1 aliphatic heterocycles. The zero-order chi connectivity index (χ0) is 57.5. The first-order valence-corrected chi connectivity index (χ1v) is 30.5. The third-order valence-electron chi connectivity index (χ3n) is 13.1. The van der Waals surface area contributed by atoms with E-state index < -0.39 is 67.3 Å². The SMILES string of the molecule is CC/C=C\C/C=C\C/C=C\C/C=C\C/C=C\CCCCCC(=O)OCC(COC1OC(C(=O)O)C(O)C(O)C1OC(=O)CCCCCCCCCCCCCCCCC)OC(=O)C/C=C\C/C=C\C/C=C\C/C=C\C/C=C\CC. The third kappa shape index (κ3) is 43.6. The Hall–Kier alpha value is -4.88. The molecule has 79 heavy (non-hydrogen) atoms. The molecule has 0 radical (unpaired) electrons. The first-order valence-electron chi connectivity index (χ1n) is 30.5. The van der Waals surface area contributed by atoms with Crippen LogP contribution in [0.15, 0.2) is 122 Å². The Bertz CT molecular complexity index is 1840. The van der Waals surface area contributed by atoms with Crippen LogP contribution in [-0.2, 0) is 42.9 Å². The number of aliphatic carboxylic acids is 1. The van der Waals surface area contributed by atoms with Crippen LogP contribution < -0.4 is 0 Å². The Kier molecular flexibility index (Phi) is 49.1. The highest BCUT2D eigenvalue weighted by Crippen LogP contribution is 2.26. The summed E-state index contributed by atoms with van der Waals surface area (Å²) in [5.41, 5.74) is 0. The van der Waals surface area contributed by atoms with Gasteiger partial charge >= 0.3 is 23.9 Å². The lowest BCUT2D eigenvalue weighted by Gasteiger charge is -2.40. The Labute approximate surface area is 478 Å². The van der Waals surface area contributed by atoms with E-state index in [0.717, 1.165) is 103 Å². The normalized spacial score (nSPS) is 18.7. The third-order valence-corrected chi connectivity index (χ3v) is 13.1. The van der Waals surface area contributed by atoms with Gasteiger partial charge in [-0.3, -0.25) is 14.4 Å². The fourth-order valence-corrected chi connectivity index (χ4v) is 8.47. The van der Waals surface area contributed by atoms with Crippen molar-refractivity contribution in [3.05, 3.63) is 122 Å². The minimum absolute atomic E-state index is 0.0437. The Morgan fingerprint density at radius 2 is 0.835 bits per heavy atom. The minimum atomic E-state index is -1.92. The lowest BCUT2D eigenvalue weighted by molar-refractivity contribution is -0.301. The van der Waals surface area contributed by atoms with Gasteiger partial charge in [-0.15, -0.1) is 0 Å². The molecule has 0 saturated carbocycles. The van der Waals surface area contributed by atoms with Crippen LogP contribution in [0.1, 0.15) is 226 Å². The molecule has 3 N–H and O–H groups in total. The molecule has 1 rings (SSSR count). The quantitative estimate of drug-likeness (QED) is 0.0228. The average molecular weight is 1100 g/mol. The fraction of sp³-hybridized carbons (Fsp3) is 0.642. The predicted octanol–water partition coefficient (Wildman–Crippen LogP) is 16.0. The van der Waals surface area contributed by atoms with Gasteiger partial charge in [0.25, 0.3) is 0 Å². The number of esters is 3. The van der Waals surface area contributed by atoms with Gasteiger partial charge < -0.3 is 39.0 Å². The summed E-state index contributed by atoms with van der Waals surface area (Å²) >= 11 is 0. The van der Waals surface area contributed by atoms with Crippen molar-refractivity contribution >= 4 is 23.9 Å². The van der Waals surface area contributed by atoms with Gasteiger partial charge in [0, 0.05) is 12.8 Å². The van der Waals surface area contributed by atoms with E-state index in [9.17, 15) is 34.5 Å². The lowest BCUT2D eigenvalue weighted by Crippen LogP contribution is -2.61. The fourth-order valence-electron chi connectivity index (χ4n) is 8.47. The number of rotatable bonds is 50. The Balaban J connectivity index is 2.76. The average Bonchev–Trinajstić information content (AvgIpc) is 3.46. The number of aliphatic hydroxyl groups is 2. The smallest absolute Gasteiger partial charge is 0.335 e. The summed E-state index contributed by atoms with van der Waals surface area (Å²) in [6.45, 7) is 5.65. The summed E-state index contributed by atoms with van der Waals surface area (Å²) in [4.78, 5) is 51.1. The molecule has 0 bridgehead atoms. The van der Waals surface area contributed by atoms with Gasteiger partial charge in [0.2, 0.25) is 0 Å². The molecule has 6 unspecified atom stereocenters. The molecule has 0 spiro atoms. The van der Waals surface area contributed by atoms with Crippen LogP contribution in [0.5, 0.6) is 0 Å². The van der Waals surface area contributed by atoms with Crippen molar-refractivity contribution in [1.29, 1.82) is 0 Å². The van der Waals surface area contributed by atoms with Crippen LogP contribution in [0.3, 0.4) is 0 Å². The number of unbranched alkanes of at least 4 members (excludes halogenated alkanes) is 17. The number of allylic oxidation sites excluding steroid dienone is 19. The van der Waals surface area contributed by atoms with Gasteiger partial charge in [-0.25, -0.2) is 4.79 Å². The maximum absolute atomic E-state index is 13.1. The van der Waals surface area contributed by atoms with E-state index >= 15 is 0 Å². The van der Waals surface area contributed by atoms with Gasteiger partial charge in [0.05, 0.1) is 13.0 Å². The van der Waals surface area contributed by atoms with Gasteiger partial charge in [0.1, 0.15) is 18.8 Å². The number of ether oxygens (including phenoxy) is 5. The van der Waals surface area contributed by atoms with Gasteiger partial charge in [0.15, 0.2) is 24.6 Å². The molecule has 1 aliphatic rings. The number of aliphatic hydroxyl groups excluding tert-OH is 2. The molecule has 1 heterocycles. The topological polar surface area (TPSA) is 175 Å². The number of carbonyl (C=O) groups excluding carboxylic acids is 3. The molecular weight excluding hydrogens is 997 g/mol. The number of carboxylic acids is 1. The molecule has 1 fully saturated rings. The largest absolute Gasteiger partial charge is 0.479 e. The van der Waals surface area contributed by atoms with Crippen LogP contribution in [0.4, 0.5) is 0 Å². The molecule has 0 aromatic carbocycles.